The van der Waals surface area contributed by atoms with Crippen molar-refractivity contribution in [2.45, 2.75) is 13.8 Å². The van der Waals surface area contributed by atoms with E-state index in [4.69, 9.17) is 20.1 Å². The molecule has 1 aromatic rings. The van der Waals surface area contributed by atoms with Crippen LogP contribution in [0.1, 0.15) is 24.2 Å². The first kappa shape index (κ1) is 14.2. The van der Waals surface area contributed by atoms with E-state index < -0.39 is 17.5 Å². The molecule has 0 aliphatic carbocycles. The van der Waals surface area contributed by atoms with Gasteiger partial charge >= 0.3 is 5.97 Å². The Balaban J connectivity index is 0.000000385. The minimum Gasteiger partial charge on any atom is -0.504 e. The Morgan fingerprint density at radius 2 is 1.81 bits per heavy atom. The lowest BCUT2D eigenvalue weighted by Crippen LogP contribution is -1.95. The SMILES string of the molecule is CCOCC.O=C(O)c1cccc(O)c1O. The van der Waals surface area contributed by atoms with Crippen molar-refractivity contribution in [1.82, 2.24) is 0 Å². The van der Waals surface area contributed by atoms with Crippen molar-refractivity contribution in [3.63, 3.8) is 0 Å². The van der Waals surface area contributed by atoms with E-state index in [1.807, 2.05) is 13.8 Å². The predicted molar refractivity (Wildman–Crippen MR) is 58.9 cm³/mol. The van der Waals surface area contributed by atoms with Gasteiger partial charge in [-0.05, 0) is 26.0 Å². The number of rotatable bonds is 3. The van der Waals surface area contributed by atoms with Crippen molar-refractivity contribution in [2.75, 3.05) is 13.2 Å². The minimum atomic E-state index is -1.27. The van der Waals surface area contributed by atoms with Gasteiger partial charge in [0, 0.05) is 13.2 Å². The number of benzene rings is 1. The van der Waals surface area contributed by atoms with E-state index in [-0.39, 0.29) is 5.56 Å². The van der Waals surface area contributed by atoms with Gasteiger partial charge in [0.05, 0.1) is 0 Å². The van der Waals surface area contributed by atoms with Gasteiger partial charge in [-0.25, -0.2) is 4.79 Å². The Morgan fingerprint density at radius 1 is 1.25 bits per heavy atom. The standard InChI is InChI=1S/C7H6O4.C4H10O/c8-5-3-1-2-4(6(5)9)7(10)11;1-3-5-4-2/h1-3,8-9H,(H,10,11);3-4H2,1-2H3. The van der Waals surface area contributed by atoms with Crippen LogP contribution in [-0.2, 0) is 4.74 Å². The van der Waals surface area contributed by atoms with E-state index in [1.165, 1.54) is 18.2 Å². The molecule has 5 nitrogen and oxygen atoms in total. The highest BCUT2D eigenvalue weighted by atomic mass is 16.5. The second-order valence-corrected chi connectivity index (χ2v) is 2.76. The van der Waals surface area contributed by atoms with Gasteiger partial charge in [0.2, 0.25) is 0 Å². The molecular formula is C11H16O5. The van der Waals surface area contributed by atoms with E-state index in [2.05, 4.69) is 0 Å². The molecule has 1 rings (SSSR count). The Labute approximate surface area is 93.9 Å². The van der Waals surface area contributed by atoms with Crippen LogP contribution in [0.25, 0.3) is 0 Å². The molecule has 90 valence electrons. The van der Waals surface area contributed by atoms with Gasteiger partial charge in [-0.1, -0.05) is 6.07 Å². The zero-order valence-corrected chi connectivity index (χ0v) is 9.30. The number of phenolic OH excluding ortho intramolecular Hbond substituents is 1. The molecule has 3 N–H and O–H groups in total. The lowest BCUT2D eigenvalue weighted by atomic mass is 10.2. The van der Waals surface area contributed by atoms with Crippen molar-refractivity contribution in [3.05, 3.63) is 23.8 Å². The molecule has 0 atom stereocenters. The quantitative estimate of drug-likeness (QED) is 0.687. The number of phenols is 2. The molecular weight excluding hydrogens is 212 g/mol. The van der Waals surface area contributed by atoms with Gasteiger partial charge in [0.15, 0.2) is 11.5 Å². The van der Waals surface area contributed by atoms with E-state index in [0.29, 0.717) is 0 Å². The van der Waals surface area contributed by atoms with Crippen LogP contribution in [0.3, 0.4) is 0 Å². The third kappa shape index (κ3) is 4.65. The van der Waals surface area contributed by atoms with E-state index in [1.54, 1.807) is 0 Å². The largest absolute Gasteiger partial charge is 0.504 e. The second-order valence-electron chi connectivity index (χ2n) is 2.76. The first-order valence-corrected chi connectivity index (χ1v) is 4.86. The summed E-state index contributed by atoms with van der Waals surface area (Å²) in [7, 11) is 0. The van der Waals surface area contributed by atoms with Gasteiger partial charge in [-0.3, -0.25) is 0 Å². The smallest absolute Gasteiger partial charge is 0.339 e. The number of para-hydroxylation sites is 1. The molecule has 0 aromatic heterocycles. The molecule has 16 heavy (non-hydrogen) atoms. The molecule has 0 spiro atoms. The Morgan fingerprint density at radius 3 is 2.12 bits per heavy atom. The number of carbonyl (C=O) groups is 1. The Bertz CT molecular complexity index is 333. The van der Waals surface area contributed by atoms with E-state index in [0.717, 1.165) is 13.2 Å². The first-order chi connectivity index (χ1) is 7.54. The maximum Gasteiger partial charge on any atom is 0.339 e. The highest BCUT2D eigenvalue weighted by Crippen LogP contribution is 2.27. The maximum absolute atomic E-state index is 10.3. The van der Waals surface area contributed by atoms with Crippen LogP contribution in [0, 0.1) is 0 Å². The van der Waals surface area contributed by atoms with Gasteiger partial charge < -0.3 is 20.1 Å². The zero-order valence-electron chi connectivity index (χ0n) is 9.30. The Hall–Kier alpha value is -1.75. The fourth-order valence-corrected chi connectivity index (χ4v) is 0.908. The van der Waals surface area contributed by atoms with Crippen molar-refractivity contribution < 1.29 is 24.9 Å². The molecule has 0 amide bonds. The van der Waals surface area contributed by atoms with Crippen molar-refractivity contribution in [2.24, 2.45) is 0 Å². The molecule has 0 saturated carbocycles. The van der Waals surface area contributed by atoms with Gasteiger partial charge in [-0.15, -0.1) is 0 Å². The van der Waals surface area contributed by atoms with Crippen LogP contribution in [0.2, 0.25) is 0 Å². The first-order valence-electron chi connectivity index (χ1n) is 4.86. The summed E-state index contributed by atoms with van der Waals surface area (Å²) < 4.78 is 4.83. The average Bonchev–Trinajstić information content (AvgIpc) is 2.24. The molecule has 0 bridgehead atoms. The summed E-state index contributed by atoms with van der Waals surface area (Å²) in [5.41, 5.74) is -0.301. The van der Waals surface area contributed by atoms with Gasteiger partial charge in [0.25, 0.3) is 0 Å². The van der Waals surface area contributed by atoms with Crippen LogP contribution in [0.15, 0.2) is 18.2 Å². The lowest BCUT2D eigenvalue weighted by Gasteiger charge is -1.99. The number of carboxylic acids is 1. The van der Waals surface area contributed by atoms with Crippen molar-refractivity contribution in [3.8, 4) is 11.5 Å². The number of ether oxygens (including phenoxy) is 1. The lowest BCUT2D eigenvalue weighted by molar-refractivity contribution is 0.0693. The summed E-state index contributed by atoms with van der Waals surface area (Å²) >= 11 is 0. The summed E-state index contributed by atoms with van der Waals surface area (Å²) in [5, 5.41) is 26.2. The van der Waals surface area contributed by atoms with Crippen molar-refractivity contribution >= 4 is 5.97 Å². The second kappa shape index (κ2) is 7.53. The topological polar surface area (TPSA) is 87.0 Å². The monoisotopic (exact) mass is 228 g/mol. The van der Waals surface area contributed by atoms with Crippen LogP contribution in [0.5, 0.6) is 11.5 Å². The highest BCUT2D eigenvalue weighted by molar-refractivity contribution is 5.91. The summed E-state index contributed by atoms with van der Waals surface area (Å²) in [6, 6.07) is 3.76. The summed E-state index contributed by atoms with van der Waals surface area (Å²) in [4.78, 5) is 10.3. The van der Waals surface area contributed by atoms with E-state index >= 15 is 0 Å². The fraction of sp³-hybridized carbons (Fsp3) is 0.364. The van der Waals surface area contributed by atoms with E-state index in [9.17, 15) is 4.79 Å². The number of aromatic hydroxyl groups is 2. The molecule has 0 heterocycles. The van der Waals surface area contributed by atoms with Crippen LogP contribution < -0.4 is 0 Å². The average molecular weight is 228 g/mol. The highest BCUT2D eigenvalue weighted by Gasteiger charge is 2.11. The molecule has 1 aromatic carbocycles. The predicted octanol–water partition coefficient (Wildman–Crippen LogP) is 1.84. The molecule has 0 unspecified atom stereocenters. The Kier molecular flexibility index (Phi) is 6.71. The summed E-state index contributed by atoms with van der Waals surface area (Å²) in [5.74, 6) is -2.29. The van der Waals surface area contributed by atoms with Gasteiger partial charge in [0.1, 0.15) is 5.56 Å². The molecule has 0 radical (unpaired) electrons. The van der Waals surface area contributed by atoms with Crippen molar-refractivity contribution in [1.29, 1.82) is 0 Å². The molecule has 0 saturated heterocycles. The molecule has 0 aliphatic rings. The zero-order chi connectivity index (χ0) is 12.6. The normalized spacial score (nSPS) is 9.12. The van der Waals surface area contributed by atoms with Gasteiger partial charge in [-0.2, -0.15) is 0 Å². The maximum atomic E-state index is 10.3. The van der Waals surface area contributed by atoms with Crippen LogP contribution in [0.4, 0.5) is 0 Å². The summed E-state index contributed by atoms with van der Waals surface area (Å²) in [6.45, 7) is 5.67. The molecule has 5 heteroatoms. The number of carboxylic acid groups (broad SMARTS) is 1. The molecule has 0 aliphatic heterocycles. The molecule has 0 fully saturated rings. The number of hydrogen-bond donors (Lipinski definition) is 3. The third-order valence-electron chi connectivity index (χ3n) is 1.65. The fourth-order valence-electron chi connectivity index (χ4n) is 0.908. The van der Waals surface area contributed by atoms with Crippen LogP contribution in [-0.4, -0.2) is 34.5 Å². The number of aromatic carboxylic acids is 1. The van der Waals surface area contributed by atoms with Crippen LogP contribution >= 0.6 is 0 Å². The summed E-state index contributed by atoms with van der Waals surface area (Å²) in [6.07, 6.45) is 0. The number of hydrogen-bond acceptors (Lipinski definition) is 4. The third-order valence-corrected chi connectivity index (χ3v) is 1.65. The minimum absolute atomic E-state index is 0.301.